The molecule has 0 saturated heterocycles. The van der Waals surface area contributed by atoms with Crippen LogP contribution in [0.5, 0.6) is 0 Å². The molecule has 152 valence electrons. The van der Waals surface area contributed by atoms with Crippen LogP contribution in [0.4, 0.5) is 17.1 Å². The molecule has 3 rings (SSSR count). The van der Waals surface area contributed by atoms with Gasteiger partial charge >= 0.3 is 0 Å². The lowest BCUT2D eigenvalue weighted by Gasteiger charge is -2.28. The van der Waals surface area contributed by atoms with E-state index in [9.17, 15) is 0 Å². The number of hydrogen-bond acceptors (Lipinski definition) is 6. The maximum atomic E-state index is 8.65. The second-order valence-corrected chi connectivity index (χ2v) is 7.68. The number of nitrogens with zero attached hydrogens (tertiary/aromatic N) is 3. The minimum atomic E-state index is -0.0927. The van der Waals surface area contributed by atoms with E-state index >= 15 is 0 Å². The molecule has 0 fully saturated rings. The Morgan fingerprint density at radius 1 is 1.21 bits per heavy atom. The summed E-state index contributed by atoms with van der Waals surface area (Å²) in [7, 11) is 1.71. The number of fused-ring (bicyclic) bond motifs is 1. The standard InChI is InChI=1S/C21H26ClN7/c1-13-11-28(17-7-5-16(22)6-8-17)20-10-15(18(24)12-27(3)26)4-9-19(20)29(14(2)23)21(13)25/h4-10,12-13,23,25H,11,24,26H2,1-3H3/b18-12-,23-14?,25-21?/t13-/m1/s1. The first-order valence-electron chi connectivity index (χ1n) is 9.25. The number of hydrazine groups is 1. The molecule has 0 spiro atoms. The number of hydrogen-bond donors (Lipinski definition) is 4. The van der Waals surface area contributed by atoms with Crippen LogP contribution < -0.4 is 21.4 Å². The Balaban J connectivity index is 2.23. The monoisotopic (exact) mass is 411 g/mol. The zero-order valence-corrected chi connectivity index (χ0v) is 17.5. The van der Waals surface area contributed by atoms with Crippen molar-refractivity contribution in [2.75, 3.05) is 23.4 Å². The summed E-state index contributed by atoms with van der Waals surface area (Å²) in [5, 5.41) is 19.0. The third kappa shape index (κ3) is 4.21. The van der Waals surface area contributed by atoms with Crippen LogP contribution in [0.15, 0.2) is 48.7 Å². The third-order valence-electron chi connectivity index (χ3n) is 4.82. The molecule has 29 heavy (non-hydrogen) atoms. The topological polar surface area (TPSA) is 109 Å². The summed E-state index contributed by atoms with van der Waals surface area (Å²) in [4.78, 5) is 3.81. The van der Waals surface area contributed by atoms with E-state index in [1.54, 1.807) is 25.1 Å². The predicted molar refractivity (Wildman–Crippen MR) is 122 cm³/mol. The molecule has 0 amide bonds. The quantitative estimate of drug-likeness (QED) is 0.264. The maximum absolute atomic E-state index is 8.65. The third-order valence-corrected chi connectivity index (χ3v) is 5.07. The van der Waals surface area contributed by atoms with Gasteiger partial charge in [0.15, 0.2) is 0 Å². The van der Waals surface area contributed by atoms with Gasteiger partial charge in [0.1, 0.15) is 11.7 Å². The van der Waals surface area contributed by atoms with Gasteiger partial charge < -0.3 is 15.6 Å². The second kappa shape index (κ2) is 8.14. The van der Waals surface area contributed by atoms with Crippen molar-refractivity contribution in [1.29, 1.82) is 10.8 Å². The zero-order chi connectivity index (χ0) is 21.3. The maximum Gasteiger partial charge on any atom is 0.111 e. The van der Waals surface area contributed by atoms with Gasteiger partial charge in [-0.2, -0.15) is 0 Å². The van der Waals surface area contributed by atoms with Gasteiger partial charge in [0, 0.05) is 42.0 Å². The van der Waals surface area contributed by atoms with Gasteiger partial charge in [-0.25, -0.2) is 5.84 Å². The number of anilines is 3. The van der Waals surface area contributed by atoms with Gasteiger partial charge in [0.05, 0.1) is 17.1 Å². The van der Waals surface area contributed by atoms with Crippen LogP contribution in [0.2, 0.25) is 5.02 Å². The fraction of sp³-hybridized carbons (Fsp3) is 0.238. The van der Waals surface area contributed by atoms with Gasteiger partial charge in [-0.15, -0.1) is 0 Å². The highest BCUT2D eigenvalue weighted by Gasteiger charge is 2.31. The molecule has 1 aliphatic heterocycles. The lowest BCUT2D eigenvalue weighted by molar-refractivity contribution is 0.486. The molecule has 1 heterocycles. The molecule has 0 aromatic heterocycles. The lowest BCUT2D eigenvalue weighted by Crippen LogP contribution is -2.38. The predicted octanol–water partition coefficient (Wildman–Crippen LogP) is 3.97. The minimum Gasteiger partial charge on any atom is -0.397 e. The summed E-state index contributed by atoms with van der Waals surface area (Å²) in [6.45, 7) is 4.27. The van der Waals surface area contributed by atoms with E-state index in [-0.39, 0.29) is 5.92 Å². The Morgan fingerprint density at radius 2 is 1.86 bits per heavy atom. The normalized spacial score (nSPS) is 17.1. The molecular weight excluding hydrogens is 386 g/mol. The average Bonchev–Trinajstić information content (AvgIpc) is 2.76. The van der Waals surface area contributed by atoms with Gasteiger partial charge in [-0.3, -0.25) is 15.7 Å². The van der Waals surface area contributed by atoms with Crippen LogP contribution >= 0.6 is 11.6 Å². The van der Waals surface area contributed by atoms with Crippen molar-refractivity contribution >= 4 is 46.0 Å². The van der Waals surface area contributed by atoms with Gasteiger partial charge in [0.2, 0.25) is 0 Å². The van der Waals surface area contributed by atoms with Crippen molar-refractivity contribution in [3.63, 3.8) is 0 Å². The molecule has 6 N–H and O–H groups in total. The second-order valence-electron chi connectivity index (χ2n) is 7.25. The smallest absolute Gasteiger partial charge is 0.111 e. The molecule has 0 bridgehead atoms. The Hall–Kier alpha value is -3.03. The van der Waals surface area contributed by atoms with Crippen molar-refractivity contribution < 1.29 is 0 Å². The van der Waals surface area contributed by atoms with Crippen molar-refractivity contribution in [2.24, 2.45) is 17.5 Å². The Morgan fingerprint density at radius 3 is 2.45 bits per heavy atom. The van der Waals surface area contributed by atoms with Crippen LogP contribution in [0.1, 0.15) is 19.4 Å². The lowest BCUT2D eigenvalue weighted by atomic mass is 10.1. The molecular formula is C21H26ClN7. The summed E-state index contributed by atoms with van der Waals surface area (Å²) in [6, 6.07) is 13.4. The van der Waals surface area contributed by atoms with Gasteiger partial charge in [-0.05, 0) is 43.3 Å². The highest BCUT2D eigenvalue weighted by molar-refractivity contribution is 6.30. The molecule has 1 aliphatic rings. The molecule has 0 saturated carbocycles. The summed E-state index contributed by atoms with van der Waals surface area (Å²) < 4.78 is 0. The first-order valence-corrected chi connectivity index (χ1v) is 9.63. The summed E-state index contributed by atoms with van der Waals surface area (Å²) in [5.41, 5.74) is 10.1. The molecule has 2 aromatic carbocycles. The van der Waals surface area contributed by atoms with Crippen molar-refractivity contribution in [2.45, 2.75) is 13.8 Å². The van der Waals surface area contributed by atoms with Crippen LogP contribution in [-0.2, 0) is 0 Å². The van der Waals surface area contributed by atoms with Gasteiger partial charge in [0.25, 0.3) is 0 Å². The molecule has 0 aliphatic carbocycles. The van der Waals surface area contributed by atoms with Crippen molar-refractivity contribution in [3.8, 4) is 0 Å². The Labute approximate surface area is 176 Å². The first-order chi connectivity index (χ1) is 13.7. The van der Waals surface area contributed by atoms with E-state index in [0.29, 0.717) is 28.9 Å². The largest absolute Gasteiger partial charge is 0.397 e. The van der Waals surface area contributed by atoms with E-state index in [1.807, 2.05) is 49.4 Å². The number of amidine groups is 2. The highest BCUT2D eigenvalue weighted by Crippen LogP contribution is 2.40. The number of nitrogens with one attached hydrogen (secondary N) is 2. The number of nitrogens with two attached hydrogens (primary N) is 2. The van der Waals surface area contributed by atoms with Crippen molar-refractivity contribution in [1.82, 2.24) is 5.01 Å². The average molecular weight is 412 g/mol. The molecule has 0 unspecified atom stereocenters. The van der Waals surface area contributed by atoms with Crippen LogP contribution in [0.3, 0.4) is 0 Å². The fourth-order valence-electron chi connectivity index (χ4n) is 3.44. The summed E-state index contributed by atoms with van der Waals surface area (Å²) >= 11 is 6.09. The fourth-order valence-corrected chi connectivity index (χ4v) is 3.56. The van der Waals surface area contributed by atoms with Crippen LogP contribution in [0.25, 0.3) is 5.70 Å². The molecule has 1 atom stereocenters. The van der Waals surface area contributed by atoms with E-state index in [2.05, 4.69) is 4.90 Å². The Kier molecular flexibility index (Phi) is 5.81. The number of halogens is 1. The van der Waals surface area contributed by atoms with E-state index in [4.69, 9.17) is 34.0 Å². The molecule has 7 nitrogen and oxygen atoms in total. The minimum absolute atomic E-state index is 0.0927. The molecule has 2 aromatic rings. The van der Waals surface area contributed by atoms with E-state index < -0.39 is 0 Å². The summed E-state index contributed by atoms with van der Waals surface area (Å²) in [6.07, 6.45) is 1.65. The number of benzene rings is 2. The molecule has 8 heteroatoms. The number of rotatable bonds is 3. The Bertz CT molecular complexity index is 965. The first kappa shape index (κ1) is 20.7. The van der Waals surface area contributed by atoms with Gasteiger partial charge in [-0.1, -0.05) is 24.6 Å². The molecule has 0 radical (unpaired) electrons. The highest BCUT2D eigenvalue weighted by atomic mass is 35.5. The summed E-state index contributed by atoms with van der Waals surface area (Å²) in [5.74, 6) is 6.29. The van der Waals surface area contributed by atoms with Crippen molar-refractivity contribution in [3.05, 3.63) is 59.3 Å². The van der Waals surface area contributed by atoms with Crippen LogP contribution in [-0.4, -0.2) is 30.3 Å². The zero-order valence-electron chi connectivity index (χ0n) is 16.8. The van der Waals surface area contributed by atoms with Crippen LogP contribution in [0, 0.1) is 16.7 Å². The van der Waals surface area contributed by atoms with E-state index in [1.165, 1.54) is 5.01 Å². The SMILES string of the molecule is CC(=N)N1C(=N)[C@H](C)CN(c2ccc(Cl)cc2)c2cc(/C(N)=C/N(C)N)ccc21. The van der Waals surface area contributed by atoms with E-state index in [0.717, 1.165) is 22.6 Å².